The predicted molar refractivity (Wildman–Crippen MR) is 82.5 cm³/mol. The quantitative estimate of drug-likeness (QED) is 0.626. The summed E-state index contributed by atoms with van der Waals surface area (Å²) in [5.74, 6) is 0.444. The van der Waals surface area contributed by atoms with Crippen LogP contribution >= 0.6 is 0 Å². The molecule has 21 heavy (non-hydrogen) atoms. The Bertz CT molecular complexity index is 533. The number of ketones is 2. The number of carbonyl (C=O) groups excluding carboxylic acids is 2. The van der Waals surface area contributed by atoms with E-state index in [0.717, 1.165) is 12.8 Å². The number of hydrogen-bond donors (Lipinski definition) is 0. The first-order valence-corrected chi connectivity index (χ1v) is 7.68. The molecular weight excluding hydrogens is 264 g/mol. The van der Waals surface area contributed by atoms with Crippen LogP contribution in [-0.2, 0) is 4.79 Å². The lowest BCUT2D eigenvalue weighted by molar-refractivity contribution is -0.130. The zero-order valence-corrected chi connectivity index (χ0v) is 13.3. The summed E-state index contributed by atoms with van der Waals surface area (Å²) in [6, 6.07) is 7.16. The topological polar surface area (TPSA) is 43.4 Å². The Morgan fingerprint density at radius 3 is 2.52 bits per heavy atom. The molecule has 0 heterocycles. The minimum absolute atomic E-state index is 0.00450. The van der Waals surface area contributed by atoms with Crippen LogP contribution in [0.4, 0.5) is 0 Å². The average molecular weight is 288 g/mol. The molecule has 1 saturated carbocycles. The minimum atomic E-state index is -0.526. The smallest absolute Gasteiger partial charge is 0.177 e. The molecule has 0 aromatic heterocycles. The van der Waals surface area contributed by atoms with Crippen LogP contribution in [0.15, 0.2) is 24.3 Å². The highest BCUT2D eigenvalue weighted by molar-refractivity contribution is 6.13. The van der Waals surface area contributed by atoms with Gasteiger partial charge in [-0.25, -0.2) is 0 Å². The van der Waals surface area contributed by atoms with Crippen LogP contribution in [-0.4, -0.2) is 18.7 Å². The molecule has 0 spiro atoms. The molecule has 0 amide bonds. The van der Waals surface area contributed by atoms with Gasteiger partial charge in [0.25, 0.3) is 0 Å². The lowest BCUT2D eigenvalue weighted by atomic mass is 9.68. The third-order valence-corrected chi connectivity index (χ3v) is 4.63. The largest absolute Gasteiger partial charge is 0.496 e. The van der Waals surface area contributed by atoms with Gasteiger partial charge in [-0.15, -0.1) is 0 Å². The van der Waals surface area contributed by atoms with Gasteiger partial charge >= 0.3 is 0 Å². The zero-order chi connectivity index (χ0) is 15.6. The summed E-state index contributed by atoms with van der Waals surface area (Å²) in [6.07, 6.45) is 1.83. The molecule has 1 aromatic carbocycles. The second-order valence-corrected chi connectivity index (χ2v) is 6.35. The Hall–Kier alpha value is -1.64. The summed E-state index contributed by atoms with van der Waals surface area (Å²) in [5.41, 5.74) is 0.523. The molecule has 0 N–H and O–H groups in total. The summed E-state index contributed by atoms with van der Waals surface area (Å²) in [4.78, 5) is 25.6. The Kier molecular flexibility index (Phi) is 4.81. The van der Waals surface area contributed by atoms with Crippen molar-refractivity contribution in [3.63, 3.8) is 0 Å². The van der Waals surface area contributed by atoms with E-state index in [1.807, 2.05) is 19.1 Å². The molecule has 2 rings (SSSR count). The van der Waals surface area contributed by atoms with Crippen LogP contribution in [0.5, 0.6) is 5.75 Å². The second kappa shape index (κ2) is 6.42. The van der Waals surface area contributed by atoms with Crippen molar-refractivity contribution in [2.75, 3.05) is 7.11 Å². The van der Waals surface area contributed by atoms with Crippen molar-refractivity contribution in [1.29, 1.82) is 0 Å². The van der Waals surface area contributed by atoms with Gasteiger partial charge in [-0.3, -0.25) is 9.59 Å². The number of para-hydroxylation sites is 1. The maximum atomic E-state index is 12.9. The van der Waals surface area contributed by atoms with Crippen molar-refractivity contribution < 1.29 is 14.3 Å². The van der Waals surface area contributed by atoms with Gasteiger partial charge in [0.2, 0.25) is 0 Å². The van der Waals surface area contributed by atoms with Crippen LogP contribution in [0, 0.1) is 23.7 Å². The highest BCUT2D eigenvalue weighted by atomic mass is 16.5. The summed E-state index contributed by atoms with van der Waals surface area (Å²) < 4.78 is 5.27. The number of Topliss-reactive ketones (excluding diaryl/α,β-unsaturated/α-hetero) is 2. The molecule has 3 nitrogen and oxygen atoms in total. The van der Waals surface area contributed by atoms with Gasteiger partial charge in [-0.1, -0.05) is 32.9 Å². The van der Waals surface area contributed by atoms with E-state index < -0.39 is 5.92 Å². The summed E-state index contributed by atoms with van der Waals surface area (Å²) in [5, 5.41) is 0. The van der Waals surface area contributed by atoms with E-state index in [4.69, 9.17) is 4.74 Å². The van der Waals surface area contributed by atoms with Gasteiger partial charge in [-0.05, 0) is 36.8 Å². The standard InChI is InChI=1S/C18H24O3/c1-11(2)13-10-9-12(3)16(17(13)19)18(20)14-7-5-6-8-15(14)21-4/h5-8,11-13,16H,9-10H2,1-4H3. The lowest BCUT2D eigenvalue weighted by Gasteiger charge is -2.34. The number of benzene rings is 1. The molecule has 3 heteroatoms. The molecule has 1 aliphatic carbocycles. The average Bonchev–Trinajstić information content (AvgIpc) is 2.46. The van der Waals surface area contributed by atoms with Crippen molar-refractivity contribution in [2.24, 2.45) is 23.7 Å². The van der Waals surface area contributed by atoms with Crippen LogP contribution in [0.25, 0.3) is 0 Å². The Labute approximate surface area is 126 Å². The molecule has 0 aliphatic heterocycles. The SMILES string of the molecule is COc1ccccc1C(=O)C1C(=O)C(C(C)C)CCC1C. The first-order valence-electron chi connectivity index (χ1n) is 7.68. The maximum Gasteiger partial charge on any atom is 0.177 e. The van der Waals surface area contributed by atoms with Gasteiger partial charge in [0.15, 0.2) is 5.78 Å². The summed E-state index contributed by atoms with van der Waals surface area (Å²) in [7, 11) is 1.55. The predicted octanol–water partition coefficient (Wildman–Crippen LogP) is 3.77. The van der Waals surface area contributed by atoms with Crippen LogP contribution < -0.4 is 4.74 Å². The Balaban J connectivity index is 2.34. The van der Waals surface area contributed by atoms with E-state index in [2.05, 4.69) is 13.8 Å². The molecule has 3 atom stereocenters. The number of carbonyl (C=O) groups is 2. The molecule has 1 fully saturated rings. The summed E-state index contributed by atoms with van der Waals surface area (Å²) >= 11 is 0. The van der Waals surface area contributed by atoms with Crippen molar-refractivity contribution in [3.8, 4) is 5.75 Å². The fourth-order valence-corrected chi connectivity index (χ4v) is 3.33. The van der Waals surface area contributed by atoms with Gasteiger partial charge < -0.3 is 4.74 Å². The van der Waals surface area contributed by atoms with E-state index in [1.165, 1.54) is 0 Å². The fraction of sp³-hybridized carbons (Fsp3) is 0.556. The highest BCUT2D eigenvalue weighted by Gasteiger charge is 2.42. The molecule has 1 aromatic rings. The molecule has 114 valence electrons. The van der Waals surface area contributed by atoms with E-state index in [9.17, 15) is 9.59 Å². The van der Waals surface area contributed by atoms with Gasteiger partial charge in [0.1, 0.15) is 11.5 Å². The molecular formula is C18H24O3. The van der Waals surface area contributed by atoms with Gasteiger partial charge in [0.05, 0.1) is 18.6 Å². The van der Waals surface area contributed by atoms with Crippen molar-refractivity contribution in [2.45, 2.75) is 33.6 Å². The van der Waals surface area contributed by atoms with E-state index in [0.29, 0.717) is 11.3 Å². The van der Waals surface area contributed by atoms with E-state index in [-0.39, 0.29) is 29.3 Å². The molecule has 0 radical (unpaired) electrons. The van der Waals surface area contributed by atoms with Crippen LogP contribution in [0.3, 0.4) is 0 Å². The number of methoxy groups -OCH3 is 1. The van der Waals surface area contributed by atoms with Crippen molar-refractivity contribution in [1.82, 2.24) is 0 Å². The van der Waals surface area contributed by atoms with Crippen molar-refractivity contribution in [3.05, 3.63) is 29.8 Å². The molecule has 0 bridgehead atoms. The van der Waals surface area contributed by atoms with E-state index in [1.54, 1.807) is 19.2 Å². The second-order valence-electron chi connectivity index (χ2n) is 6.35. The number of ether oxygens (including phenoxy) is 1. The van der Waals surface area contributed by atoms with E-state index >= 15 is 0 Å². The third kappa shape index (κ3) is 3.02. The monoisotopic (exact) mass is 288 g/mol. The minimum Gasteiger partial charge on any atom is -0.496 e. The summed E-state index contributed by atoms with van der Waals surface area (Å²) in [6.45, 7) is 6.12. The number of rotatable bonds is 4. The van der Waals surface area contributed by atoms with Gasteiger partial charge in [0, 0.05) is 5.92 Å². The third-order valence-electron chi connectivity index (χ3n) is 4.63. The fourth-order valence-electron chi connectivity index (χ4n) is 3.33. The zero-order valence-electron chi connectivity index (χ0n) is 13.3. The molecule has 0 saturated heterocycles. The Morgan fingerprint density at radius 1 is 1.24 bits per heavy atom. The highest BCUT2D eigenvalue weighted by Crippen LogP contribution is 2.37. The normalized spacial score (nSPS) is 26.0. The van der Waals surface area contributed by atoms with Gasteiger partial charge in [-0.2, -0.15) is 0 Å². The lowest BCUT2D eigenvalue weighted by Crippen LogP contribution is -2.41. The first kappa shape index (κ1) is 15.7. The van der Waals surface area contributed by atoms with Crippen molar-refractivity contribution >= 4 is 11.6 Å². The first-order chi connectivity index (χ1) is 9.97. The number of hydrogen-bond acceptors (Lipinski definition) is 3. The van der Waals surface area contributed by atoms with Crippen LogP contribution in [0.2, 0.25) is 0 Å². The maximum absolute atomic E-state index is 12.9. The molecule has 1 aliphatic rings. The Morgan fingerprint density at radius 2 is 1.90 bits per heavy atom. The van der Waals surface area contributed by atoms with Crippen LogP contribution in [0.1, 0.15) is 44.0 Å². The molecule has 3 unspecified atom stereocenters.